The third-order valence-corrected chi connectivity index (χ3v) is 6.14. The summed E-state index contributed by atoms with van der Waals surface area (Å²) in [6, 6.07) is 1.33. The topological polar surface area (TPSA) is 70.8 Å². The van der Waals surface area contributed by atoms with Gasteiger partial charge in [-0.15, -0.1) is 0 Å². The molecule has 0 amide bonds. The van der Waals surface area contributed by atoms with Crippen LogP contribution in [0, 0.1) is 0 Å². The van der Waals surface area contributed by atoms with Gasteiger partial charge < -0.3 is 9.52 Å². The van der Waals surface area contributed by atoms with Gasteiger partial charge in [-0.25, -0.2) is 8.42 Å². The molecular weight excluding hydrogens is 322 g/mol. The van der Waals surface area contributed by atoms with Crippen molar-refractivity contribution >= 4 is 26.0 Å². The van der Waals surface area contributed by atoms with Crippen LogP contribution in [0.3, 0.4) is 0 Å². The smallest absolute Gasteiger partial charge is 0.247 e. The van der Waals surface area contributed by atoms with Crippen molar-refractivity contribution in [1.29, 1.82) is 0 Å². The Morgan fingerprint density at radius 2 is 2.06 bits per heavy atom. The zero-order valence-corrected chi connectivity index (χ0v) is 13.3. The van der Waals surface area contributed by atoms with Gasteiger partial charge in [0.2, 0.25) is 10.0 Å². The first-order chi connectivity index (χ1) is 8.16. The highest BCUT2D eigenvalue weighted by Gasteiger charge is 2.35. The molecule has 104 valence electrons. The predicted molar refractivity (Wildman–Crippen MR) is 71.6 cm³/mol. The molecule has 0 aliphatic rings. The number of halogens is 1. The number of rotatable bonds is 5. The van der Waals surface area contributed by atoms with Crippen molar-refractivity contribution in [2.75, 3.05) is 7.05 Å². The molecule has 0 spiro atoms. The summed E-state index contributed by atoms with van der Waals surface area (Å²) in [6.45, 7) is 5.29. The van der Waals surface area contributed by atoms with E-state index in [-0.39, 0.29) is 21.9 Å². The van der Waals surface area contributed by atoms with Crippen LogP contribution in [0.25, 0.3) is 0 Å². The highest BCUT2D eigenvalue weighted by Crippen LogP contribution is 2.32. The van der Waals surface area contributed by atoms with Gasteiger partial charge in [0.05, 0.1) is 0 Å². The van der Waals surface area contributed by atoms with Gasteiger partial charge in [-0.1, -0.05) is 6.92 Å². The van der Waals surface area contributed by atoms with Crippen molar-refractivity contribution in [3.63, 3.8) is 0 Å². The van der Waals surface area contributed by atoms with Crippen molar-refractivity contribution in [1.82, 2.24) is 4.31 Å². The fourth-order valence-electron chi connectivity index (χ4n) is 1.35. The zero-order valence-electron chi connectivity index (χ0n) is 10.9. The maximum Gasteiger partial charge on any atom is 0.247 e. The fraction of sp³-hybridized carbons (Fsp3) is 0.636. The van der Waals surface area contributed by atoms with E-state index in [0.29, 0.717) is 6.42 Å². The molecule has 1 aromatic heterocycles. The molecule has 1 aromatic rings. The van der Waals surface area contributed by atoms with E-state index in [0.717, 1.165) is 0 Å². The molecule has 0 unspecified atom stereocenters. The largest absolute Gasteiger partial charge is 0.450 e. The lowest BCUT2D eigenvalue weighted by Gasteiger charge is -2.33. The normalized spacial score (nSPS) is 13.3. The highest BCUT2D eigenvalue weighted by atomic mass is 79.9. The summed E-state index contributed by atoms with van der Waals surface area (Å²) in [4.78, 5) is 0.0376. The Morgan fingerprint density at radius 3 is 2.44 bits per heavy atom. The Kier molecular flexibility index (Phi) is 4.64. The number of sulfonamides is 1. The van der Waals surface area contributed by atoms with Crippen LogP contribution in [-0.2, 0) is 16.6 Å². The fourth-order valence-corrected chi connectivity index (χ4v) is 3.88. The van der Waals surface area contributed by atoms with E-state index in [2.05, 4.69) is 15.9 Å². The molecule has 0 bridgehead atoms. The molecule has 0 aliphatic carbocycles. The standard InChI is InChI=1S/C11H18BrNO4S/c1-5-11(2,3)13(4)18(15,16)9-6-8(7-14)17-10(9)12/h6,14H,5,7H2,1-4H3. The molecule has 0 aromatic carbocycles. The lowest BCUT2D eigenvalue weighted by atomic mass is 10.0. The number of hydrogen-bond donors (Lipinski definition) is 1. The van der Waals surface area contributed by atoms with Crippen molar-refractivity contribution in [2.24, 2.45) is 0 Å². The lowest BCUT2D eigenvalue weighted by molar-refractivity contribution is 0.244. The second kappa shape index (κ2) is 5.32. The molecule has 0 saturated heterocycles. The second-order valence-corrected chi connectivity index (χ2v) is 7.31. The monoisotopic (exact) mass is 339 g/mol. The van der Waals surface area contributed by atoms with Gasteiger partial charge >= 0.3 is 0 Å². The SMILES string of the molecule is CCC(C)(C)N(C)S(=O)(=O)c1cc(CO)oc1Br. The van der Waals surface area contributed by atoms with Crippen molar-refractivity contribution in [3.8, 4) is 0 Å². The molecule has 0 radical (unpaired) electrons. The van der Waals surface area contributed by atoms with Crippen LogP contribution >= 0.6 is 15.9 Å². The zero-order chi connectivity index (χ0) is 14.1. The molecular formula is C11H18BrNO4S. The molecule has 1 heterocycles. The Bertz CT molecular complexity index is 521. The van der Waals surface area contributed by atoms with Gasteiger partial charge in [-0.05, 0) is 36.2 Å². The quantitative estimate of drug-likeness (QED) is 0.893. The number of nitrogens with zero attached hydrogens (tertiary/aromatic N) is 1. The molecule has 0 atom stereocenters. The third-order valence-electron chi connectivity index (χ3n) is 3.22. The predicted octanol–water partition coefficient (Wildman–Crippen LogP) is 2.34. The Morgan fingerprint density at radius 1 is 1.50 bits per heavy atom. The average Bonchev–Trinajstić information content (AvgIpc) is 2.70. The summed E-state index contributed by atoms with van der Waals surface area (Å²) < 4.78 is 31.4. The van der Waals surface area contributed by atoms with Crippen molar-refractivity contribution < 1.29 is 17.9 Å². The maximum absolute atomic E-state index is 12.4. The van der Waals surface area contributed by atoms with Gasteiger partial charge in [-0.2, -0.15) is 4.31 Å². The third kappa shape index (κ3) is 2.79. The average molecular weight is 340 g/mol. The molecule has 18 heavy (non-hydrogen) atoms. The van der Waals surface area contributed by atoms with E-state index in [1.165, 1.54) is 17.4 Å². The highest BCUT2D eigenvalue weighted by molar-refractivity contribution is 9.10. The van der Waals surface area contributed by atoms with Crippen LogP contribution in [-0.4, -0.2) is 30.4 Å². The summed E-state index contributed by atoms with van der Waals surface area (Å²) in [7, 11) is -2.11. The van der Waals surface area contributed by atoms with Crippen LogP contribution in [0.15, 0.2) is 20.0 Å². The molecule has 0 fully saturated rings. The first kappa shape index (κ1) is 15.7. The molecule has 5 nitrogen and oxygen atoms in total. The molecule has 0 aliphatic heterocycles. The summed E-state index contributed by atoms with van der Waals surface area (Å²) in [6.07, 6.45) is 0.686. The molecule has 1 N–H and O–H groups in total. The number of aliphatic hydroxyl groups excluding tert-OH is 1. The second-order valence-electron chi connectivity index (χ2n) is 4.65. The summed E-state index contributed by atoms with van der Waals surface area (Å²) >= 11 is 3.07. The maximum atomic E-state index is 12.4. The van der Waals surface area contributed by atoms with E-state index >= 15 is 0 Å². The first-order valence-electron chi connectivity index (χ1n) is 5.55. The number of hydrogen-bond acceptors (Lipinski definition) is 4. The van der Waals surface area contributed by atoms with Gasteiger partial charge in [0.15, 0.2) is 4.67 Å². The lowest BCUT2D eigenvalue weighted by Crippen LogP contribution is -2.44. The van der Waals surface area contributed by atoms with Crippen LogP contribution in [0.5, 0.6) is 0 Å². The van der Waals surface area contributed by atoms with Gasteiger partial charge in [0.25, 0.3) is 0 Å². The Hall–Kier alpha value is -0.370. The van der Waals surface area contributed by atoms with Gasteiger partial charge in [0.1, 0.15) is 17.3 Å². The van der Waals surface area contributed by atoms with Crippen LogP contribution in [0.1, 0.15) is 33.0 Å². The minimum atomic E-state index is -3.65. The molecule has 7 heteroatoms. The number of aliphatic hydroxyl groups is 1. The van der Waals surface area contributed by atoms with Crippen LogP contribution < -0.4 is 0 Å². The first-order valence-corrected chi connectivity index (χ1v) is 7.78. The molecule has 1 rings (SSSR count). The summed E-state index contributed by atoms with van der Waals surface area (Å²) in [5, 5.41) is 8.96. The van der Waals surface area contributed by atoms with E-state index < -0.39 is 15.6 Å². The van der Waals surface area contributed by atoms with E-state index in [1.807, 2.05) is 20.8 Å². The molecule has 0 saturated carbocycles. The van der Waals surface area contributed by atoms with Crippen molar-refractivity contribution in [3.05, 3.63) is 16.5 Å². The van der Waals surface area contributed by atoms with E-state index in [9.17, 15) is 8.42 Å². The Labute approximate surface area is 116 Å². The van der Waals surface area contributed by atoms with E-state index in [4.69, 9.17) is 9.52 Å². The summed E-state index contributed by atoms with van der Waals surface area (Å²) in [5.41, 5.74) is -0.491. The van der Waals surface area contributed by atoms with E-state index in [1.54, 1.807) is 0 Å². The van der Waals surface area contributed by atoms with Gasteiger partial charge in [-0.3, -0.25) is 0 Å². The van der Waals surface area contributed by atoms with Crippen LogP contribution in [0.2, 0.25) is 0 Å². The summed E-state index contributed by atoms with van der Waals surface area (Å²) in [5.74, 6) is 0.211. The minimum Gasteiger partial charge on any atom is -0.450 e. The van der Waals surface area contributed by atoms with Crippen molar-refractivity contribution in [2.45, 2.75) is 44.2 Å². The minimum absolute atomic E-state index is 0.0376. The van der Waals surface area contributed by atoms with Gasteiger partial charge in [0, 0.05) is 18.7 Å². The number of furan rings is 1. The van der Waals surface area contributed by atoms with Crippen LogP contribution in [0.4, 0.5) is 0 Å². The Balaban J connectivity index is 3.25.